The lowest BCUT2D eigenvalue weighted by Crippen LogP contribution is -2.02. The smallest absolute Gasteiger partial charge is 0.144 e. The fourth-order valence-corrected chi connectivity index (χ4v) is 2.75. The van der Waals surface area contributed by atoms with Gasteiger partial charge in [0.2, 0.25) is 0 Å². The number of aromatic nitrogens is 2. The molecule has 0 radical (unpaired) electrons. The van der Waals surface area contributed by atoms with Gasteiger partial charge in [-0.3, -0.25) is 4.98 Å². The Hall–Kier alpha value is -2.53. The Balaban J connectivity index is 1.55. The third-order valence-electron chi connectivity index (χ3n) is 3.56. The van der Waals surface area contributed by atoms with Gasteiger partial charge in [-0.25, -0.2) is 4.98 Å². The van der Waals surface area contributed by atoms with Crippen LogP contribution in [-0.4, -0.2) is 15.2 Å². The van der Waals surface area contributed by atoms with E-state index < -0.39 is 0 Å². The van der Waals surface area contributed by atoms with Crippen LogP contribution in [0.4, 0.5) is 11.5 Å². The van der Waals surface area contributed by atoms with Crippen LogP contribution in [0.1, 0.15) is 19.4 Å². The van der Waals surface area contributed by atoms with Gasteiger partial charge < -0.3 is 10.0 Å². The molecular formula is C20H22N4S. The molecular weight excluding hydrogens is 328 g/mol. The van der Waals surface area contributed by atoms with Gasteiger partial charge >= 0.3 is 0 Å². The molecule has 128 valence electrons. The molecule has 0 unspecified atom stereocenters. The highest BCUT2D eigenvalue weighted by molar-refractivity contribution is 8.01. The minimum Gasteiger partial charge on any atom is -0.365 e. The minimum atomic E-state index is 0.554. The molecule has 1 heterocycles. The number of rotatable bonds is 7. The molecule has 0 spiro atoms. The number of benzene rings is 2. The topological polar surface area (TPSA) is 49.8 Å². The SMILES string of the molecule is CC(C)SNc1ccc(CNc2cnc(-c3ccccc3)cn2)cc1. The van der Waals surface area contributed by atoms with Gasteiger partial charge in [0.05, 0.1) is 18.1 Å². The van der Waals surface area contributed by atoms with Crippen LogP contribution in [0.2, 0.25) is 0 Å². The molecule has 0 aliphatic rings. The van der Waals surface area contributed by atoms with Crippen molar-refractivity contribution in [1.82, 2.24) is 9.97 Å². The fourth-order valence-electron chi connectivity index (χ4n) is 2.25. The van der Waals surface area contributed by atoms with Crippen LogP contribution < -0.4 is 10.0 Å². The van der Waals surface area contributed by atoms with Crippen molar-refractivity contribution < 1.29 is 0 Å². The Morgan fingerprint density at radius 2 is 1.68 bits per heavy atom. The molecule has 1 aromatic heterocycles. The molecule has 0 saturated heterocycles. The normalized spacial score (nSPS) is 10.7. The van der Waals surface area contributed by atoms with Gasteiger partial charge in [-0.05, 0) is 29.6 Å². The van der Waals surface area contributed by atoms with E-state index >= 15 is 0 Å². The lowest BCUT2D eigenvalue weighted by atomic mass is 10.2. The van der Waals surface area contributed by atoms with Crippen molar-refractivity contribution >= 4 is 23.5 Å². The summed E-state index contributed by atoms with van der Waals surface area (Å²) in [6, 6.07) is 18.5. The Morgan fingerprint density at radius 3 is 2.32 bits per heavy atom. The lowest BCUT2D eigenvalue weighted by molar-refractivity contribution is 1.09. The lowest BCUT2D eigenvalue weighted by Gasteiger charge is -2.09. The second kappa shape index (κ2) is 8.53. The van der Waals surface area contributed by atoms with Gasteiger partial charge in [0.1, 0.15) is 5.82 Å². The molecule has 25 heavy (non-hydrogen) atoms. The van der Waals surface area contributed by atoms with Gasteiger partial charge in [-0.1, -0.05) is 56.3 Å². The summed E-state index contributed by atoms with van der Waals surface area (Å²) in [5, 5.41) is 3.86. The van der Waals surface area contributed by atoms with E-state index in [1.807, 2.05) is 30.3 Å². The van der Waals surface area contributed by atoms with Gasteiger partial charge in [0.15, 0.2) is 0 Å². The molecule has 4 nitrogen and oxygen atoms in total. The highest BCUT2D eigenvalue weighted by Crippen LogP contribution is 2.18. The van der Waals surface area contributed by atoms with Crippen molar-refractivity contribution in [2.24, 2.45) is 0 Å². The molecule has 3 aromatic rings. The average Bonchev–Trinajstić information content (AvgIpc) is 2.66. The van der Waals surface area contributed by atoms with Crippen molar-refractivity contribution in [2.75, 3.05) is 10.0 Å². The average molecular weight is 350 g/mol. The number of hydrogen-bond acceptors (Lipinski definition) is 5. The van der Waals surface area contributed by atoms with Gasteiger partial charge in [-0.15, -0.1) is 0 Å². The summed E-state index contributed by atoms with van der Waals surface area (Å²) in [6.07, 6.45) is 3.57. The zero-order valence-electron chi connectivity index (χ0n) is 14.4. The van der Waals surface area contributed by atoms with Crippen molar-refractivity contribution in [3.8, 4) is 11.3 Å². The van der Waals surface area contributed by atoms with Gasteiger partial charge in [-0.2, -0.15) is 0 Å². The Morgan fingerprint density at radius 1 is 0.920 bits per heavy atom. The second-order valence-corrected chi connectivity index (χ2v) is 7.35. The molecule has 2 N–H and O–H groups in total. The van der Waals surface area contributed by atoms with E-state index in [1.165, 1.54) is 5.56 Å². The van der Waals surface area contributed by atoms with E-state index in [-0.39, 0.29) is 0 Å². The third kappa shape index (κ3) is 5.22. The summed E-state index contributed by atoms with van der Waals surface area (Å²) in [6.45, 7) is 5.05. The molecule has 0 fully saturated rings. The molecule has 2 aromatic carbocycles. The highest BCUT2D eigenvalue weighted by atomic mass is 32.2. The Bertz CT molecular complexity index is 771. The summed E-state index contributed by atoms with van der Waals surface area (Å²) < 4.78 is 3.34. The zero-order chi connectivity index (χ0) is 17.5. The van der Waals surface area contributed by atoms with E-state index in [0.717, 1.165) is 29.3 Å². The van der Waals surface area contributed by atoms with E-state index in [4.69, 9.17) is 0 Å². The standard InChI is InChI=1S/C20H22N4S/c1-15(2)25-24-18-10-8-16(9-11-18)12-22-20-14-21-19(13-23-20)17-6-4-3-5-7-17/h3-11,13-15,24H,12H2,1-2H3,(H,22,23). The molecule has 0 saturated carbocycles. The van der Waals surface area contributed by atoms with Crippen molar-refractivity contribution in [3.05, 3.63) is 72.6 Å². The summed E-state index contributed by atoms with van der Waals surface area (Å²) in [5.41, 5.74) is 4.27. The Kier molecular flexibility index (Phi) is 5.90. The van der Waals surface area contributed by atoms with E-state index in [0.29, 0.717) is 5.25 Å². The maximum Gasteiger partial charge on any atom is 0.144 e. The summed E-state index contributed by atoms with van der Waals surface area (Å²) in [4.78, 5) is 8.93. The largest absolute Gasteiger partial charge is 0.365 e. The number of nitrogens with zero attached hydrogens (tertiary/aromatic N) is 2. The van der Waals surface area contributed by atoms with Crippen LogP contribution in [0.15, 0.2) is 67.0 Å². The van der Waals surface area contributed by atoms with E-state index in [9.17, 15) is 0 Å². The van der Waals surface area contributed by atoms with E-state index in [1.54, 1.807) is 24.3 Å². The van der Waals surface area contributed by atoms with Crippen molar-refractivity contribution in [3.63, 3.8) is 0 Å². The number of hydrogen-bond donors (Lipinski definition) is 2. The molecule has 0 amide bonds. The molecule has 0 aliphatic heterocycles. The number of anilines is 2. The van der Waals surface area contributed by atoms with Crippen LogP contribution >= 0.6 is 11.9 Å². The minimum absolute atomic E-state index is 0.554. The first-order valence-electron chi connectivity index (χ1n) is 8.32. The zero-order valence-corrected chi connectivity index (χ0v) is 15.3. The van der Waals surface area contributed by atoms with Crippen molar-refractivity contribution in [1.29, 1.82) is 0 Å². The first-order valence-corrected chi connectivity index (χ1v) is 9.20. The molecule has 0 aliphatic carbocycles. The van der Waals surface area contributed by atoms with Crippen LogP contribution in [0.5, 0.6) is 0 Å². The second-order valence-electron chi connectivity index (χ2n) is 5.97. The molecule has 0 atom stereocenters. The predicted octanol–water partition coefficient (Wildman–Crippen LogP) is 5.22. The maximum absolute atomic E-state index is 4.48. The third-order valence-corrected chi connectivity index (χ3v) is 4.39. The van der Waals surface area contributed by atoms with Crippen LogP contribution in [0.25, 0.3) is 11.3 Å². The molecule has 3 rings (SSSR count). The quantitative estimate of drug-likeness (QED) is 0.572. The maximum atomic E-state index is 4.48. The highest BCUT2D eigenvalue weighted by Gasteiger charge is 2.01. The van der Waals surface area contributed by atoms with Crippen LogP contribution in [0.3, 0.4) is 0 Å². The monoisotopic (exact) mass is 350 g/mol. The van der Waals surface area contributed by atoms with Crippen LogP contribution in [0, 0.1) is 0 Å². The van der Waals surface area contributed by atoms with Crippen molar-refractivity contribution in [2.45, 2.75) is 25.6 Å². The summed E-state index contributed by atoms with van der Waals surface area (Å²) >= 11 is 1.72. The number of nitrogens with one attached hydrogen (secondary N) is 2. The Labute approximate surface area is 153 Å². The fraction of sp³-hybridized carbons (Fsp3) is 0.200. The van der Waals surface area contributed by atoms with Gasteiger partial charge in [0.25, 0.3) is 0 Å². The first-order chi connectivity index (χ1) is 12.2. The summed E-state index contributed by atoms with van der Waals surface area (Å²) in [5.74, 6) is 0.775. The first kappa shape index (κ1) is 17.3. The summed E-state index contributed by atoms with van der Waals surface area (Å²) in [7, 11) is 0. The van der Waals surface area contributed by atoms with Gasteiger partial charge in [0, 0.05) is 23.0 Å². The molecule has 0 bridgehead atoms. The van der Waals surface area contributed by atoms with E-state index in [2.05, 4.69) is 58.1 Å². The molecule has 5 heteroatoms. The van der Waals surface area contributed by atoms with Crippen LogP contribution in [-0.2, 0) is 6.54 Å². The predicted molar refractivity (Wildman–Crippen MR) is 108 cm³/mol.